The average molecular weight is 266 g/mol. The van der Waals surface area contributed by atoms with E-state index < -0.39 is 11.6 Å². The molecule has 0 N–H and O–H groups in total. The molecule has 2 unspecified atom stereocenters. The van der Waals surface area contributed by atoms with E-state index in [0.717, 1.165) is 19.2 Å². The van der Waals surface area contributed by atoms with Gasteiger partial charge in [0.05, 0.1) is 0 Å². The number of rotatable bonds is 2. The van der Waals surface area contributed by atoms with E-state index >= 15 is 0 Å². The Morgan fingerprint density at radius 1 is 1.21 bits per heavy atom. The van der Waals surface area contributed by atoms with Crippen LogP contribution >= 0.6 is 0 Å². The number of piperazine rings is 1. The Balaban J connectivity index is 1.72. The summed E-state index contributed by atoms with van der Waals surface area (Å²) in [5.41, 5.74) is 0.597. The Labute approximate surface area is 113 Å². The average Bonchev–Trinajstić information content (AvgIpc) is 2.85. The molecule has 2 atom stereocenters. The van der Waals surface area contributed by atoms with Gasteiger partial charge in [0.1, 0.15) is 11.6 Å². The first kappa shape index (κ1) is 13.0. The number of hydrogen-bond acceptors (Lipinski definition) is 2. The number of fused-ring (bicyclic) bond motifs is 1. The number of halogens is 2. The Morgan fingerprint density at radius 3 is 2.84 bits per heavy atom. The second-order valence-corrected chi connectivity index (χ2v) is 5.69. The maximum Gasteiger partial charge on any atom is 0.130 e. The SMILES string of the molecule is CC1C2CCCN2CCN1Cc1ccc(F)cc1F. The highest BCUT2D eigenvalue weighted by molar-refractivity contribution is 5.18. The van der Waals surface area contributed by atoms with Gasteiger partial charge in [-0.1, -0.05) is 6.07 Å². The molecule has 0 radical (unpaired) electrons. The fraction of sp³-hybridized carbons (Fsp3) is 0.600. The molecule has 2 saturated heterocycles. The molecule has 19 heavy (non-hydrogen) atoms. The molecule has 1 aromatic carbocycles. The predicted octanol–water partition coefficient (Wildman–Crippen LogP) is 2.63. The molecule has 3 rings (SSSR count). The lowest BCUT2D eigenvalue weighted by atomic mass is 10.0. The third-order valence-corrected chi connectivity index (χ3v) is 4.61. The lowest BCUT2D eigenvalue weighted by Gasteiger charge is -2.43. The maximum absolute atomic E-state index is 13.7. The van der Waals surface area contributed by atoms with Gasteiger partial charge in [-0.2, -0.15) is 0 Å². The smallest absolute Gasteiger partial charge is 0.130 e. The maximum atomic E-state index is 13.7. The van der Waals surface area contributed by atoms with Crippen LogP contribution in [0.5, 0.6) is 0 Å². The quantitative estimate of drug-likeness (QED) is 0.812. The fourth-order valence-corrected chi connectivity index (χ4v) is 3.47. The number of nitrogens with zero attached hydrogens (tertiary/aromatic N) is 2. The van der Waals surface area contributed by atoms with Crippen LogP contribution in [-0.4, -0.2) is 41.5 Å². The van der Waals surface area contributed by atoms with Crippen molar-refractivity contribution >= 4 is 0 Å². The molecule has 0 aliphatic carbocycles. The zero-order chi connectivity index (χ0) is 13.4. The topological polar surface area (TPSA) is 6.48 Å². The second-order valence-electron chi connectivity index (χ2n) is 5.69. The fourth-order valence-electron chi connectivity index (χ4n) is 3.47. The van der Waals surface area contributed by atoms with Gasteiger partial charge in [-0.25, -0.2) is 8.78 Å². The molecule has 2 aliphatic rings. The van der Waals surface area contributed by atoms with E-state index in [2.05, 4.69) is 16.7 Å². The molecule has 0 amide bonds. The summed E-state index contributed by atoms with van der Waals surface area (Å²) < 4.78 is 26.6. The van der Waals surface area contributed by atoms with Crippen LogP contribution < -0.4 is 0 Å². The summed E-state index contributed by atoms with van der Waals surface area (Å²) in [4.78, 5) is 4.87. The Hall–Kier alpha value is -1.00. The minimum Gasteiger partial charge on any atom is -0.298 e. The van der Waals surface area contributed by atoms with E-state index in [1.807, 2.05) is 0 Å². The number of benzene rings is 1. The molecule has 0 bridgehead atoms. The van der Waals surface area contributed by atoms with Crippen LogP contribution in [0.25, 0.3) is 0 Å². The van der Waals surface area contributed by atoms with Gasteiger partial charge in [-0.05, 0) is 32.4 Å². The highest BCUT2D eigenvalue weighted by atomic mass is 19.1. The zero-order valence-corrected chi connectivity index (χ0v) is 11.3. The van der Waals surface area contributed by atoms with Crippen molar-refractivity contribution in [2.24, 2.45) is 0 Å². The zero-order valence-electron chi connectivity index (χ0n) is 11.3. The first-order valence-corrected chi connectivity index (χ1v) is 7.07. The monoisotopic (exact) mass is 266 g/mol. The van der Waals surface area contributed by atoms with Crippen LogP contribution in [-0.2, 0) is 6.54 Å². The van der Waals surface area contributed by atoms with Crippen molar-refractivity contribution in [3.05, 3.63) is 35.4 Å². The van der Waals surface area contributed by atoms with Gasteiger partial charge in [0, 0.05) is 43.3 Å². The van der Waals surface area contributed by atoms with E-state index in [1.54, 1.807) is 6.07 Å². The van der Waals surface area contributed by atoms with Crippen LogP contribution in [0.3, 0.4) is 0 Å². The van der Waals surface area contributed by atoms with Crippen LogP contribution in [0.15, 0.2) is 18.2 Å². The highest BCUT2D eigenvalue weighted by Crippen LogP contribution is 2.28. The lowest BCUT2D eigenvalue weighted by molar-refractivity contribution is 0.0463. The standard InChI is InChI=1S/C15H20F2N2/c1-11-15-3-2-6-18(15)7-8-19(11)10-12-4-5-13(16)9-14(12)17/h4-5,9,11,15H,2-3,6-8,10H2,1H3. The molecule has 1 aromatic rings. The Kier molecular flexibility index (Phi) is 3.54. The molecule has 2 nitrogen and oxygen atoms in total. The van der Waals surface area contributed by atoms with Crippen molar-refractivity contribution in [3.63, 3.8) is 0 Å². The summed E-state index contributed by atoms with van der Waals surface area (Å²) in [6.45, 7) is 6.04. The summed E-state index contributed by atoms with van der Waals surface area (Å²) in [5.74, 6) is -0.934. The molecular formula is C15H20F2N2. The van der Waals surface area contributed by atoms with Crippen LogP contribution in [0.1, 0.15) is 25.3 Å². The van der Waals surface area contributed by atoms with Crippen molar-refractivity contribution in [2.75, 3.05) is 19.6 Å². The third-order valence-electron chi connectivity index (χ3n) is 4.61. The van der Waals surface area contributed by atoms with Gasteiger partial charge in [0.2, 0.25) is 0 Å². The van der Waals surface area contributed by atoms with Gasteiger partial charge >= 0.3 is 0 Å². The third kappa shape index (κ3) is 2.51. The molecule has 2 aliphatic heterocycles. The lowest BCUT2D eigenvalue weighted by Crippen LogP contribution is -2.55. The summed E-state index contributed by atoms with van der Waals surface area (Å²) in [7, 11) is 0. The first-order chi connectivity index (χ1) is 9.15. The van der Waals surface area contributed by atoms with Gasteiger partial charge in [0.15, 0.2) is 0 Å². The van der Waals surface area contributed by atoms with Crippen LogP contribution in [0.2, 0.25) is 0 Å². The van der Waals surface area contributed by atoms with E-state index in [9.17, 15) is 8.78 Å². The highest BCUT2D eigenvalue weighted by Gasteiger charge is 2.36. The summed E-state index contributed by atoms with van der Waals surface area (Å²) in [6.07, 6.45) is 2.51. The van der Waals surface area contributed by atoms with Crippen molar-refractivity contribution in [1.82, 2.24) is 9.80 Å². The van der Waals surface area contributed by atoms with E-state index in [-0.39, 0.29) is 0 Å². The molecule has 0 spiro atoms. The van der Waals surface area contributed by atoms with Crippen molar-refractivity contribution in [2.45, 2.75) is 38.4 Å². The molecule has 0 aromatic heterocycles. The van der Waals surface area contributed by atoms with E-state index in [0.29, 0.717) is 24.2 Å². The van der Waals surface area contributed by atoms with Crippen molar-refractivity contribution in [1.29, 1.82) is 0 Å². The molecular weight excluding hydrogens is 246 g/mol. The summed E-state index contributed by atoms with van der Waals surface area (Å²) in [5, 5.41) is 0. The first-order valence-electron chi connectivity index (χ1n) is 7.07. The minimum absolute atomic E-state index is 0.430. The van der Waals surface area contributed by atoms with Crippen LogP contribution in [0.4, 0.5) is 8.78 Å². The summed E-state index contributed by atoms with van der Waals surface area (Å²) >= 11 is 0. The van der Waals surface area contributed by atoms with Gasteiger partial charge in [-0.15, -0.1) is 0 Å². The van der Waals surface area contributed by atoms with E-state index in [1.165, 1.54) is 25.5 Å². The van der Waals surface area contributed by atoms with Gasteiger partial charge < -0.3 is 0 Å². The largest absolute Gasteiger partial charge is 0.298 e. The predicted molar refractivity (Wildman–Crippen MR) is 70.8 cm³/mol. The van der Waals surface area contributed by atoms with Gasteiger partial charge in [0.25, 0.3) is 0 Å². The molecule has 0 saturated carbocycles. The molecule has 104 valence electrons. The normalized spacial score (nSPS) is 28.6. The van der Waals surface area contributed by atoms with Gasteiger partial charge in [-0.3, -0.25) is 9.80 Å². The second kappa shape index (κ2) is 5.17. The Morgan fingerprint density at radius 2 is 2.05 bits per heavy atom. The number of hydrogen-bond donors (Lipinski definition) is 0. The summed E-state index contributed by atoms with van der Waals surface area (Å²) in [6, 6.07) is 4.94. The molecule has 2 fully saturated rings. The van der Waals surface area contributed by atoms with Crippen LogP contribution in [0, 0.1) is 11.6 Å². The Bertz CT molecular complexity index is 463. The molecule has 2 heterocycles. The van der Waals surface area contributed by atoms with Crippen molar-refractivity contribution < 1.29 is 8.78 Å². The molecule has 4 heteroatoms. The van der Waals surface area contributed by atoms with Crippen molar-refractivity contribution in [3.8, 4) is 0 Å². The minimum atomic E-state index is -0.505. The van der Waals surface area contributed by atoms with E-state index in [4.69, 9.17) is 0 Å².